The number of fused-ring (bicyclic) bond motifs is 1. The van der Waals surface area contributed by atoms with E-state index in [1.165, 1.54) is 0 Å². The summed E-state index contributed by atoms with van der Waals surface area (Å²) in [4.78, 5) is 14.5. The monoisotopic (exact) mass is 425 g/mol. The molecule has 3 N–H and O–H groups in total. The summed E-state index contributed by atoms with van der Waals surface area (Å²) in [5.74, 6) is 2.13. The molecule has 1 fully saturated rings. The molecule has 7 heteroatoms. The standard InChI is InChI=1S/C23H31N5OS/c1-5-12-24-22-25-15(3)19(21-26-17-8-6-7-9-18(17)30-21)20(27-22)28-23(4)11-10-16(13-29)14(23)2/h6-9,14,16,29H,5,10-13H2,1-4H3,(H2,24,25,27,28)/t14-,16-,23+/m1/s1. The maximum Gasteiger partial charge on any atom is 0.224 e. The lowest BCUT2D eigenvalue weighted by Gasteiger charge is -2.34. The van der Waals surface area contributed by atoms with Gasteiger partial charge in [0.25, 0.3) is 0 Å². The zero-order valence-corrected chi connectivity index (χ0v) is 19.0. The van der Waals surface area contributed by atoms with E-state index in [1.807, 2.05) is 25.1 Å². The number of nitrogens with one attached hydrogen (secondary N) is 2. The summed E-state index contributed by atoms with van der Waals surface area (Å²) in [7, 11) is 0. The Morgan fingerprint density at radius 1 is 1.23 bits per heavy atom. The molecule has 1 aliphatic rings. The lowest BCUT2D eigenvalue weighted by molar-refractivity contribution is 0.187. The molecule has 1 saturated carbocycles. The Balaban J connectivity index is 1.79. The van der Waals surface area contributed by atoms with E-state index in [0.29, 0.717) is 17.8 Å². The predicted octanol–water partition coefficient (Wildman–Crippen LogP) is 5.09. The van der Waals surface area contributed by atoms with E-state index in [-0.39, 0.29) is 12.1 Å². The van der Waals surface area contributed by atoms with E-state index >= 15 is 0 Å². The Morgan fingerprint density at radius 3 is 2.73 bits per heavy atom. The fourth-order valence-corrected chi connectivity index (χ4v) is 5.46. The molecule has 0 bridgehead atoms. The molecular weight excluding hydrogens is 394 g/mol. The Morgan fingerprint density at radius 2 is 2.03 bits per heavy atom. The van der Waals surface area contributed by atoms with Gasteiger partial charge in [-0.2, -0.15) is 4.98 Å². The minimum absolute atomic E-state index is 0.137. The number of thiazole rings is 1. The normalized spacial score (nSPS) is 23.8. The minimum atomic E-state index is -0.137. The molecule has 0 aliphatic heterocycles. The van der Waals surface area contributed by atoms with Crippen LogP contribution in [0.25, 0.3) is 20.8 Å². The molecule has 4 rings (SSSR count). The van der Waals surface area contributed by atoms with Crippen molar-refractivity contribution in [3.05, 3.63) is 30.0 Å². The lowest BCUT2D eigenvalue weighted by Crippen LogP contribution is -2.40. The average Bonchev–Trinajstić information content (AvgIpc) is 3.27. The first-order chi connectivity index (χ1) is 14.4. The molecule has 6 nitrogen and oxygen atoms in total. The summed E-state index contributed by atoms with van der Waals surface area (Å²) in [5, 5.41) is 17.8. The van der Waals surface area contributed by atoms with Crippen LogP contribution >= 0.6 is 11.3 Å². The minimum Gasteiger partial charge on any atom is -0.396 e. The number of aryl methyl sites for hydroxylation is 1. The number of aliphatic hydroxyl groups excluding tert-OH is 1. The van der Waals surface area contributed by atoms with Crippen molar-refractivity contribution in [2.75, 3.05) is 23.8 Å². The summed E-state index contributed by atoms with van der Waals surface area (Å²) >= 11 is 1.67. The van der Waals surface area contributed by atoms with Crippen molar-refractivity contribution < 1.29 is 5.11 Å². The Kier molecular flexibility index (Phi) is 5.93. The topological polar surface area (TPSA) is 83.0 Å². The van der Waals surface area contributed by atoms with Crippen molar-refractivity contribution in [3.63, 3.8) is 0 Å². The number of anilines is 2. The lowest BCUT2D eigenvalue weighted by atomic mass is 9.86. The van der Waals surface area contributed by atoms with E-state index < -0.39 is 0 Å². The molecule has 0 unspecified atom stereocenters. The number of nitrogens with zero attached hydrogens (tertiary/aromatic N) is 3. The molecule has 0 spiro atoms. The summed E-state index contributed by atoms with van der Waals surface area (Å²) < 4.78 is 1.16. The van der Waals surface area contributed by atoms with Crippen LogP contribution in [0.1, 0.15) is 45.7 Å². The molecule has 3 atom stereocenters. The van der Waals surface area contributed by atoms with Crippen LogP contribution in [-0.2, 0) is 0 Å². The fraction of sp³-hybridized carbons (Fsp3) is 0.522. The van der Waals surface area contributed by atoms with Crippen LogP contribution in [0.5, 0.6) is 0 Å². The smallest absolute Gasteiger partial charge is 0.224 e. The van der Waals surface area contributed by atoms with Crippen molar-refractivity contribution in [3.8, 4) is 10.6 Å². The predicted molar refractivity (Wildman–Crippen MR) is 125 cm³/mol. The second-order valence-corrected chi connectivity index (χ2v) is 9.61. The molecule has 0 amide bonds. The third-order valence-electron chi connectivity index (χ3n) is 6.52. The Labute approximate surface area is 182 Å². The molecule has 3 aromatic rings. The number of benzene rings is 1. The van der Waals surface area contributed by atoms with Gasteiger partial charge >= 0.3 is 0 Å². The van der Waals surface area contributed by atoms with Crippen LogP contribution in [0.4, 0.5) is 11.8 Å². The largest absolute Gasteiger partial charge is 0.396 e. The van der Waals surface area contributed by atoms with Crippen LogP contribution in [0.3, 0.4) is 0 Å². The first-order valence-electron chi connectivity index (χ1n) is 10.8. The number of para-hydroxylation sites is 1. The third-order valence-corrected chi connectivity index (χ3v) is 7.57. The molecule has 1 aromatic carbocycles. The maximum absolute atomic E-state index is 9.76. The molecule has 2 aromatic heterocycles. The second-order valence-electron chi connectivity index (χ2n) is 8.58. The van der Waals surface area contributed by atoms with Gasteiger partial charge in [0.2, 0.25) is 5.95 Å². The van der Waals surface area contributed by atoms with Crippen molar-refractivity contribution in [2.45, 2.75) is 52.5 Å². The number of aliphatic hydroxyl groups is 1. The first-order valence-corrected chi connectivity index (χ1v) is 11.6. The highest BCUT2D eigenvalue weighted by molar-refractivity contribution is 7.21. The molecular formula is C23H31N5OS. The summed E-state index contributed by atoms with van der Waals surface area (Å²) in [6, 6.07) is 8.20. The van der Waals surface area contributed by atoms with Gasteiger partial charge in [-0.1, -0.05) is 26.0 Å². The number of rotatable bonds is 7. The van der Waals surface area contributed by atoms with E-state index in [9.17, 15) is 5.11 Å². The van der Waals surface area contributed by atoms with Crippen molar-refractivity contribution in [1.82, 2.24) is 15.0 Å². The Bertz CT molecular complexity index is 1000. The molecule has 2 heterocycles. The van der Waals surface area contributed by atoms with Crippen molar-refractivity contribution >= 4 is 33.3 Å². The molecule has 1 aliphatic carbocycles. The number of aromatic nitrogens is 3. The molecule has 160 valence electrons. The SMILES string of the molecule is CCCNc1nc(C)c(-c2nc3ccccc3s2)c(N[C@@]2(C)CC[C@H](CO)[C@H]2C)n1. The van der Waals surface area contributed by atoms with Gasteiger partial charge in [0, 0.05) is 18.7 Å². The van der Waals surface area contributed by atoms with Crippen molar-refractivity contribution in [1.29, 1.82) is 0 Å². The van der Waals surface area contributed by atoms with Crippen LogP contribution < -0.4 is 10.6 Å². The zero-order chi connectivity index (χ0) is 21.3. The number of hydrogen-bond donors (Lipinski definition) is 3. The average molecular weight is 426 g/mol. The van der Waals surface area contributed by atoms with Gasteiger partial charge in [0.15, 0.2) is 0 Å². The van der Waals surface area contributed by atoms with Crippen LogP contribution in [0.15, 0.2) is 24.3 Å². The summed E-state index contributed by atoms with van der Waals surface area (Å²) in [5.41, 5.74) is 2.75. The quantitative estimate of drug-likeness (QED) is 0.489. The van der Waals surface area contributed by atoms with Crippen LogP contribution in [0.2, 0.25) is 0 Å². The maximum atomic E-state index is 9.76. The van der Waals surface area contributed by atoms with Gasteiger partial charge < -0.3 is 15.7 Å². The summed E-state index contributed by atoms with van der Waals surface area (Å²) in [6.07, 6.45) is 3.03. The fourth-order valence-electron chi connectivity index (χ4n) is 4.39. The zero-order valence-electron chi connectivity index (χ0n) is 18.2. The van der Waals surface area contributed by atoms with Crippen LogP contribution in [-0.4, -0.2) is 38.7 Å². The summed E-state index contributed by atoms with van der Waals surface area (Å²) in [6.45, 7) is 9.69. The second kappa shape index (κ2) is 8.47. The van der Waals surface area contributed by atoms with Gasteiger partial charge in [0.1, 0.15) is 10.8 Å². The highest BCUT2D eigenvalue weighted by Gasteiger charge is 2.42. The third kappa shape index (κ3) is 3.88. The Hall–Kier alpha value is -2.25. The molecule has 0 saturated heterocycles. The van der Waals surface area contributed by atoms with Gasteiger partial charge in [-0.05, 0) is 57.1 Å². The van der Waals surface area contributed by atoms with E-state index in [0.717, 1.165) is 58.1 Å². The molecule has 0 radical (unpaired) electrons. The van der Waals surface area contributed by atoms with E-state index in [2.05, 4.69) is 37.5 Å². The van der Waals surface area contributed by atoms with Gasteiger partial charge in [0.05, 0.1) is 21.5 Å². The molecule has 30 heavy (non-hydrogen) atoms. The first kappa shape index (κ1) is 21.0. The highest BCUT2D eigenvalue weighted by Crippen LogP contribution is 2.44. The van der Waals surface area contributed by atoms with E-state index in [1.54, 1.807) is 11.3 Å². The highest BCUT2D eigenvalue weighted by atomic mass is 32.1. The van der Waals surface area contributed by atoms with E-state index in [4.69, 9.17) is 15.0 Å². The van der Waals surface area contributed by atoms with Gasteiger partial charge in [-0.15, -0.1) is 11.3 Å². The van der Waals surface area contributed by atoms with Gasteiger partial charge in [-0.25, -0.2) is 9.97 Å². The van der Waals surface area contributed by atoms with Crippen molar-refractivity contribution in [2.24, 2.45) is 11.8 Å². The van der Waals surface area contributed by atoms with Gasteiger partial charge in [-0.3, -0.25) is 0 Å². The van der Waals surface area contributed by atoms with Crippen LogP contribution in [0, 0.1) is 18.8 Å². The number of hydrogen-bond acceptors (Lipinski definition) is 7.